The molecule has 46 heavy (non-hydrogen) atoms. The number of nitrogens with zero attached hydrogens (tertiary/aromatic N) is 5. The van der Waals surface area contributed by atoms with Crippen LogP contribution in [0.1, 0.15) is 45.6 Å². The van der Waals surface area contributed by atoms with Crippen molar-refractivity contribution in [1.82, 2.24) is 40.4 Å². The molecular weight excluding hydrogens is 589 g/mol. The summed E-state index contributed by atoms with van der Waals surface area (Å²) in [6.07, 6.45) is 11.0. The average molecular weight is 624 g/mol. The number of aromatic nitrogens is 7. The first-order chi connectivity index (χ1) is 22.4. The fourth-order valence-electron chi connectivity index (χ4n) is 4.84. The molecular formula is C33H34FN9O3. The summed E-state index contributed by atoms with van der Waals surface area (Å²) < 4.78 is 14.4. The van der Waals surface area contributed by atoms with Crippen molar-refractivity contribution in [3.05, 3.63) is 72.7 Å². The average Bonchev–Trinajstić information content (AvgIpc) is 3.69. The van der Waals surface area contributed by atoms with Gasteiger partial charge in [0.2, 0.25) is 5.91 Å². The number of rotatable bonds is 9. The predicted molar refractivity (Wildman–Crippen MR) is 173 cm³/mol. The number of carbonyl (C=O) groups is 1. The first-order valence-electron chi connectivity index (χ1n) is 14.8. The number of anilines is 1. The molecule has 13 heteroatoms. The highest BCUT2D eigenvalue weighted by molar-refractivity contribution is 5.97. The Morgan fingerprint density at radius 3 is 2.48 bits per heavy atom. The normalized spacial score (nSPS) is 10.5. The molecule has 236 valence electrons. The van der Waals surface area contributed by atoms with Crippen molar-refractivity contribution in [1.29, 1.82) is 0 Å². The van der Waals surface area contributed by atoms with E-state index in [4.69, 9.17) is 14.6 Å². The van der Waals surface area contributed by atoms with Crippen molar-refractivity contribution in [3.63, 3.8) is 0 Å². The molecule has 4 N–H and O–H groups in total. The van der Waals surface area contributed by atoms with Gasteiger partial charge in [0, 0.05) is 48.2 Å². The Morgan fingerprint density at radius 2 is 1.72 bits per heavy atom. The molecule has 6 aromatic rings. The Bertz CT molecular complexity index is 1980. The van der Waals surface area contributed by atoms with Gasteiger partial charge in [-0.1, -0.05) is 27.2 Å². The van der Waals surface area contributed by atoms with E-state index in [1.807, 2.05) is 39.1 Å². The SMILES string of the molecule is CC.CCCCC(=O)Nc1cncc(-c2cnc3n[nH]c(-c4nc5c(-c6cc(F)cc(CNC)c6)cncc5[nH]4)c3c2)c1.O=C=O. The Labute approximate surface area is 264 Å². The van der Waals surface area contributed by atoms with E-state index in [0.717, 1.165) is 34.9 Å². The molecule has 0 saturated carbocycles. The van der Waals surface area contributed by atoms with Crippen molar-refractivity contribution in [2.45, 2.75) is 46.6 Å². The van der Waals surface area contributed by atoms with Gasteiger partial charge in [-0.3, -0.25) is 19.9 Å². The lowest BCUT2D eigenvalue weighted by atomic mass is 10.0. The first kappa shape index (κ1) is 33.2. The van der Waals surface area contributed by atoms with Crippen LogP contribution in [0.15, 0.2) is 61.3 Å². The van der Waals surface area contributed by atoms with Crippen molar-refractivity contribution < 1.29 is 18.8 Å². The molecule has 0 saturated heterocycles. The number of unbranched alkanes of at least 4 members (excludes halogenated alkanes) is 1. The van der Waals surface area contributed by atoms with Crippen molar-refractivity contribution in [3.8, 4) is 33.8 Å². The fraction of sp³-hybridized carbons (Fsp3) is 0.242. The third kappa shape index (κ3) is 7.70. The van der Waals surface area contributed by atoms with Gasteiger partial charge in [0.25, 0.3) is 0 Å². The second-order valence-corrected chi connectivity index (χ2v) is 9.94. The van der Waals surface area contributed by atoms with E-state index in [-0.39, 0.29) is 17.9 Å². The molecule has 0 bridgehead atoms. The Balaban J connectivity index is 0.000000908. The molecule has 1 amide bonds. The van der Waals surface area contributed by atoms with Gasteiger partial charge in [-0.15, -0.1) is 0 Å². The van der Waals surface area contributed by atoms with Crippen LogP contribution in [-0.2, 0) is 20.9 Å². The zero-order chi connectivity index (χ0) is 33.1. The summed E-state index contributed by atoms with van der Waals surface area (Å²) in [7, 11) is 1.82. The van der Waals surface area contributed by atoms with Crippen LogP contribution in [0.5, 0.6) is 0 Å². The number of H-pyrrole nitrogens is 2. The maximum absolute atomic E-state index is 14.4. The summed E-state index contributed by atoms with van der Waals surface area (Å²) in [6.45, 7) is 6.59. The minimum Gasteiger partial charge on any atom is -0.335 e. The summed E-state index contributed by atoms with van der Waals surface area (Å²) in [5.74, 6) is 0.196. The van der Waals surface area contributed by atoms with Crippen LogP contribution in [-0.4, -0.2) is 54.2 Å². The number of hydrogen-bond acceptors (Lipinski definition) is 9. The van der Waals surface area contributed by atoms with Crippen LogP contribution in [0, 0.1) is 5.82 Å². The van der Waals surface area contributed by atoms with Gasteiger partial charge in [0.15, 0.2) is 11.5 Å². The molecule has 0 fully saturated rings. The van der Waals surface area contributed by atoms with E-state index in [2.05, 4.69) is 47.7 Å². The fourth-order valence-corrected chi connectivity index (χ4v) is 4.84. The van der Waals surface area contributed by atoms with Crippen molar-refractivity contribution in [2.24, 2.45) is 0 Å². The van der Waals surface area contributed by atoms with Gasteiger partial charge in [-0.2, -0.15) is 14.7 Å². The standard InChI is InChI=1S/C30H28FN9O.C2H6.CO2/c1-3-4-5-26(41)36-22-9-19(12-33-14-22)20-10-23-28(39-40-29(23)35-13-20)30-37-25-16-34-15-24(27(25)38-30)18-6-17(11-32-2)7-21(31)8-18;1-2;2-1-3/h6-10,12-16,32H,3-5,11H2,1-2H3,(H,36,41)(H,37,38)(H,35,39,40);1-2H3;. The molecule has 5 aromatic heterocycles. The third-order valence-electron chi connectivity index (χ3n) is 6.80. The molecule has 1 aromatic carbocycles. The summed E-state index contributed by atoms with van der Waals surface area (Å²) in [5.41, 5.74) is 7.04. The first-order valence-corrected chi connectivity index (χ1v) is 14.8. The molecule has 0 aliphatic carbocycles. The smallest absolute Gasteiger partial charge is 0.335 e. The number of nitrogens with one attached hydrogen (secondary N) is 4. The Hall–Kier alpha value is -5.65. The van der Waals surface area contributed by atoms with Crippen LogP contribution in [0.25, 0.3) is 55.8 Å². The minimum atomic E-state index is -0.322. The Kier molecular flexibility index (Phi) is 11.5. The van der Waals surface area contributed by atoms with E-state index < -0.39 is 0 Å². The van der Waals surface area contributed by atoms with E-state index in [1.165, 1.54) is 12.1 Å². The lowest BCUT2D eigenvalue weighted by molar-refractivity contribution is -0.191. The number of imidazole rings is 1. The minimum absolute atomic E-state index is 0.0354. The summed E-state index contributed by atoms with van der Waals surface area (Å²) in [5, 5.41) is 14.2. The van der Waals surface area contributed by atoms with Gasteiger partial charge < -0.3 is 15.6 Å². The third-order valence-corrected chi connectivity index (χ3v) is 6.80. The number of amides is 1. The quantitative estimate of drug-likeness (QED) is 0.149. The molecule has 0 spiro atoms. The highest BCUT2D eigenvalue weighted by Crippen LogP contribution is 2.33. The van der Waals surface area contributed by atoms with Gasteiger partial charge in [-0.05, 0) is 54.9 Å². The number of halogens is 1. The molecule has 12 nitrogen and oxygen atoms in total. The zero-order valence-corrected chi connectivity index (χ0v) is 25.9. The topological polar surface area (TPSA) is 171 Å². The number of benzene rings is 1. The van der Waals surface area contributed by atoms with Crippen LogP contribution in [0.3, 0.4) is 0 Å². The Morgan fingerprint density at radius 1 is 0.957 bits per heavy atom. The molecule has 0 radical (unpaired) electrons. The molecule has 0 aliphatic heterocycles. The van der Waals surface area contributed by atoms with Crippen LogP contribution >= 0.6 is 0 Å². The summed E-state index contributed by atoms with van der Waals surface area (Å²) >= 11 is 0. The molecule has 0 atom stereocenters. The maximum Gasteiger partial charge on any atom is 0.373 e. The van der Waals surface area contributed by atoms with Crippen molar-refractivity contribution >= 4 is 39.8 Å². The number of hydrogen-bond donors (Lipinski definition) is 4. The number of fused-ring (bicyclic) bond motifs is 2. The van der Waals surface area contributed by atoms with Gasteiger partial charge in [0.1, 0.15) is 11.5 Å². The van der Waals surface area contributed by atoms with Gasteiger partial charge in [-0.25, -0.2) is 14.4 Å². The molecule has 0 unspecified atom stereocenters. The van der Waals surface area contributed by atoms with Gasteiger partial charge >= 0.3 is 6.15 Å². The summed E-state index contributed by atoms with van der Waals surface area (Å²) in [4.78, 5) is 49.9. The zero-order valence-electron chi connectivity index (χ0n) is 25.9. The van der Waals surface area contributed by atoms with Crippen molar-refractivity contribution in [2.75, 3.05) is 12.4 Å². The largest absolute Gasteiger partial charge is 0.373 e. The van der Waals surface area contributed by atoms with Gasteiger partial charge in [0.05, 0.1) is 34.5 Å². The summed E-state index contributed by atoms with van der Waals surface area (Å²) in [6, 6.07) is 8.76. The van der Waals surface area contributed by atoms with E-state index in [0.29, 0.717) is 58.0 Å². The molecule has 0 aliphatic rings. The second-order valence-electron chi connectivity index (χ2n) is 9.94. The van der Waals surface area contributed by atoms with E-state index in [1.54, 1.807) is 31.0 Å². The van der Waals surface area contributed by atoms with Crippen LogP contribution in [0.4, 0.5) is 10.1 Å². The highest BCUT2D eigenvalue weighted by atomic mass is 19.1. The second kappa shape index (κ2) is 15.9. The lowest BCUT2D eigenvalue weighted by Gasteiger charge is -2.07. The van der Waals surface area contributed by atoms with E-state index in [9.17, 15) is 9.18 Å². The number of pyridine rings is 3. The molecule has 5 heterocycles. The monoisotopic (exact) mass is 623 g/mol. The number of aromatic amines is 2. The molecule has 6 rings (SSSR count). The predicted octanol–water partition coefficient (Wildman–Crippen LogP) is 6.06. The van der Waals surface area contributed by atoms with Crippen LogP contribution < -0.4 is 10.6 Å². The van der Waals surface area contributed by atoms with Crippen LogP contribution in [0.2, 0.25) is 0 Å². The number of carbonyl (C=O) groups excluding carboxylic acids is 3. The maximum atomic E-state index is 14.4. The lowest BCUT2D eigenvalue weighted by Crippen LogP contribution is -2.11. The highest BCUT2D eigenvalue weighted by Gasteiger charge is 2.17. The van der Waals surface area contributed by atoms with E-state index >= 15 is 0 Å².